The van der Waals surface area contributed by atoms with Gasteiger partial charge in [-0.2, -0.15) is 0 Å². The highest BCUT2D eigenvalue weighted by atomic mass is 28.4. The first-order chi connectivity index (χ1) is 27.6. The molecule has 1 aromatic carbocycles. The first-order valence-corrected chi connectivity index (χ1v) is 30.1. The van der Waals surface area contributed by atoms with E-state index in [0.29, 0.717) is 18.4 Å². The van der Waals surface area contributed by atoms with Crippen molar-refractivity contribution < 1.29 is 46.6 Å². The molecular formula is C46H75O10Si3. The third-order valence-corrected chi connectivity index (χ3v) is 25.9. The van der Waals surface area contributed by atoms with Crippen LogP contribution < -0.4 is 0 Å². The highest BCUT2D eigenvalue weighted by Gasteiger charge is 2.80. The minimum atomic E-state index is -2.31. The number of carbonyl (C=O) groups excluding carboxylic acids is 2. The van der Waals surface area contributed by atoms with Crippen molar-refractivity contribution in [1.29, 1.82) is 0 Å². The van der Waals surface area contributed by atoms with Crippen molar-refractivity contribution in [2.75, 3.05) is 6.61 Å². The maximum Gasteiger partial charge on any atom is 0.338 e. The SMILES string of the molecule is CC[Si](CC)(CC)OC1CC2(O[Si](C)C)C(OC(=O)c3ccccc3)C3C4(OC(C)=O)COC4CC(O[Si](CC)(CC)CC)[C@@]3(C)C3OC(C)(C)OC3C(=C1C)C2(C)C. The molecule has 3 aliphatic carbocycles. The molecular weight excluding hydrogens is 797 g/mol. The molecule has 0 amide bonds. The Morgan fingerprint density at radius 3 is 1.93 bits per heavy atom. The van der Waals surface area contributed by atoms with E-state index in [-0.39, 0.29) is 12.7 Å². The fourth-order valence-corrected chi connectivity index (χ4v) is 19.2. The van der Waals surface area contributed by atoms with Crippen molar-refractivity contribution in [3.63, 3.8) is 0 Å². The molecule has 10 atom stereocenters. The van der Waals surface area contributed by atoms with Gasteiger partial charge in [0.15, 0.2) is 28.0 Å². The molecule has 10 nitrogen and oxygen atoms in total. The van der Waals surface area contributed by atoms with E-state index in [2.05, 4.69) is 82.3 Å². The van der Waals surface area contributed by atoms with Crippen LogP contribution in [0.5, 0.6) is 0 Å². The van der Waals surface area contributed by atoms with Gasteiger partial charge in [0.05, 0.1) is 36.4 Å². The molecule has 0 spiro atoms. The molecule has 6 rings (SSSR count). The zero-order valence-corrected chi connectivity index (χ0v) is 41.9. The highest BCUT2D eigenvalue weighted by Crippen LogP contribution is 2.69. The fourth-order valence-electron chi connectivity index (χ4n) is 12.2. The smallest absolute Gasteiger partial charge is 0.338 e. The zero-order chi connectivity index (χ0) is 43.6. The number of benzene rings is 1. The van der Waals surface area contributed by atoms with Crippen LogP contribution in [0.25, 0.3) is 0 Å². The second-order valence-corrected chi connectivity index (χ2v) is 31.1. The van der Waals surface area contributed by atoms with Crippen LogP contribution in [0.3, 0.4) is 0 Å². The summed E-state index contributed by atoms with van der Waals surface area (Å²) < 4.78 is 58.2. The molecule has 0 aromatic heterocycles. The predicted octanol–water partition coefficient (Wildman–Crippen LogP) is 10.0. The number of esters is 2. The molecule has 1 aromatic rings. The normalized spacial score (nSPS) is 36.1. The van der Waals surface area contributed by atoms with E-state index in [1.807, 2.05) is 32.0 Å². The van der Waals surface area contributed by atoms with E-state index < -0.39 is 102 Å². The third kappa shape index (κ3) is 7.55. The van der Waals surface area contributed by atoms with Gasteiger partial charge in [0.25, 0.3) is 0 Å². The molecule has 9 unspecified atom stereocenters. The van der Waals surface area contributed by atoms with Crippen LogP contribution in [0.2, 0.25) is 49.4 Å². The summed E-state index contributed by atoms with van der Waals surface area (Å²) in [7, 11) is -6.07. The van der Waals surface area contributed by atoms with Gasteiger partial charge in [-0.1, -0.05) is 80.5 Å². The Labute approximate surface area is 359 Å². The average Bonchev–Trinajstić information content (AvgIpc) is 3.51. The van der Waals surface area contributed by atoms with E-state index >= 15 is 0 Å². The van der Waals surface area contributed by atoms with Crippen molar-refractivity contribution >= 4 is 37.6 Å². The maximum atomic E-state index is 15.0. The zero-order valence-electron chi connectivity index (χ0n) is 38.9. The Morgan fingerprint density at radius 2 is 1.42 bits per heavy atom. The second-order valence-electron chi connectivity index (χ2n) is 19.6. The number of ether oxygens (including phenoxy) is 5. The number of hydrogen-bond acceptors (Lipinski definition) is 10. The molecule has 13 heteroatoms. The van der Waals surface area contributed by atoms with Crippen LogP contribution >= 0.6 is 0 Å². The standard InChI is InChI=1S/C46H75O10Si3/c1-16-58(17-2,18-3)54-33-28-46(56-57(14)15)40(50-41(48)32-25-23-22-24-26-32)38-44(13,39-37(52-43(11,12)53-39)36(30(33)7)42(46,9)10)34(55-59(19-4,20-5)21-6)27-35-45(38,29-49-35)51-31(8)47/h22-26,33-35,37-40H,16-21,27-29H2,1-15H3/t33?,34?,35?,37?,38?,39?,40?,44-,45?,46?/m1/s1. The molecule has 0 N–H and O–H groups in total. The van der Waals surface area contributed by atoms with Crippen molar-refractivity contribution in [3.05, 3.63) is 47.0 Å². The molecule has 2 heterocycles. The molecule has 5 aliphatic rings. The van der Waals surface area contributed by atoms with E-state index in [1.54, 1.807) is 12.1 Å². The van der Waals surface area contributed by atoms with E-state index in [1.165, 1.54) is 6.92 Å². The Morgan fingerprint density at radius 1 is 0.847 bits per heavy atom. The van der Waals surface area contributed by atoms with Gasteiger partial charge in [-0.05, 0) is 93.4 Å². The summed E-state index contributed by atoms with van der Waals surface area (Å²) in [6.07, 6.45) is -2.38. The average molecular weight is 872 g/mol. The summed E-state index contributed by atoms with van der Waals surface area (Å²) in [6.45, 7) is 32.4. The first-order valence-electron chi connectivity index (χ1n) is 22.6. The minimum Gasteiger partial charge on any atom is -0.455 e. The van der Waals surface area contributed by atoms with E-state index in [0.717, 1.165) is 47.4 Å². The lowest BCUT2D eigenvalue weighted by Gasteiger charge is -2.70. The molecule has 2 aliphatic heterocycles. The van der Waals surface area contributed by atoms with Crippen LogP contribution in [0.15, 0.2) is 41.5 Å². The van der Waals surface area contributed by atoms with Gasteiger partial charge < -0.3 is 37.0 Å². The van der Waals surface area contributed by atoms with Crippen molar-refractivity contribution in [3.8, 4) is 0 Å². The largest absolute Gasteiger partial charge is 0.455 e. The number of carbonyl (C=O) groups is 2. The number of rotatable bonds is 15. The highest BCUT2D eigenvalue weighted by molar-refractivity contribution is 6.74. The molecule has 331 valence electrons. The Balaban J connectivity index is 1.77. The van der Waals surface area contributed by atoms with Gasteiger partial charge in [0.2, 0.25) is 9.04 Å². The maximum absolute atomic E-state index is 15.0. The molecule has 2 saturated heterocycles. The molecule has 4 fully saturated rings. The molecule has 59 heavy (non-hydrogen) atoms. The lowest BCUT2D eigenvalue weighted by molar-refractivity contribution is -0.359. The van der Waals surface area contributed by atoms with E-state index in [4.69, 9.17) is 37.0 Å². The predicted molar refractivity (Wildman–Crippen MR) is 236 cm³/mol. The Hall–Kier alpha value is -1.69. The number of fused-ring (bicyclic) bond motifs is 8. The fraction of sp³-hybridized carbons (Fsp3) is 0.783. The summed E-state index contributed by atoms with van der Waals surface area (Å²) in [5.41, 5.74) is -1.42. The van der Waals surface area contributed by atoms with Gasteiger partial charge in [-0.25, -0.2) is 4.79 Å². The monoisotopic (exact) mass is 871 g/mol. The van der Waals surface area contributed by atoms with Crippen molar-refractivity contribution in [1.82, 2.24) is 0 Å². The van der Waals surface area contributed by atoms with Crippen LogP contribution in [0, 0.1) is 16.7 Å². The lowest BCUT2D eigenvalue weighted by Crippen LogP contribution is -2.83. The summed E-state index contributed by atoms with van der Waals surface area (Å²) in [4.78, 5) is 28.6. The van der Waals surface area contributed by atoms with Gasteiger partial charge in [0, 0.05) is 30.6 Å². The van der Waals surface area contributed by atoms with Gasteiger partial charge in [0.1, 0.15) is 23.9 Å². The summed E-state index contributed by atoms with van der Waals surface area (Å²) in [5.74, 6) is -2.55. The summed E-state index contributed by atoms with van der Waals surface area (Å²) in [6, 6.07) is 15.0. The third-order valence-electron chi connectivity index (χ3n) is 15.9. The summed E-state index contributed by atoms with van der Waals surface area (Å²) >= 11 is 0. The van der Waals surface area contributed by atoms with Gasteiger partial charge in [-0.15, -0.1) is 0 Å². The molecule has 2 saturated carbocycles. The molecule has 2 bridgehead atoms. The van der Waals surface area contributed by atoms with Crippen molar-refractivity contribution in [2.45, 2.75) is 206 Å². The van der Waals surface area contributed by atoms with Gasteiger partial charge in [-0.3, -0.25) is 4.79 Å². The lowest BCUT2D eigenvalue weighted by atomic mass is 9.44. The Kier molecular flexibility index (Phi) is 13.3. The van der Waals surface area contributed by atoms with Crippen LogP contribution in [0.4, 0.5) is 0 Å². The quantitative estimate of drug-likeness (QED) is 0.0961. The topological polar surface area (TPSA) is 108 Å². The van der Waals surface area contributed by atoms with E-state index in [9.17, 15) is 9.59 Å². The molecule has 1 radical (unpaired) electrons. The van der Waals surface area contributed by atoms with Crippen LogP contribution in [0.1, 0.15) is 113 Å². The Bertz CT molecular complexity index is 1710. The number of hydrogen-bond donors (Lipinski definition) is 0. The van der Waals surface area contributed by atoms with Crippen LogP contribution in [-0.2, 0) is 41.8 Å². The van der Waals surface area contributed by atoms with Crippen molar-refractivity contribution in [2.24, 2.45) is 16.7 Å². The second kappa shape index (κ2) is 16.8. The minimum absolute atomic E-state index is 0.148. The van der Waals surface area contributed by atoms with Crippen LogP contribution in [-0.4, -0.2) is 97.8 Å². The summed E-state index contributed by atoms with van der Waals surface area (Å²) in [5, 5.41) is 0. The first kappa shape index (κ1) is 46.8. The van der Waals surface area contributed by atoms with Gasteiger partial charge >= 0.3 is 11.9 Å².